The quantitative estimate of drug-likeness (QED) is 0.846. The highest BCUT2D eigenvalue weighted by molar-refractivity contribution is 9.10. The van der Waals surface area contributed by atoms with Crippen molar-refractivity contribution in [2.45, 2.75) is 18.2 Å². The molecule has 0 fully saturated rings. The highest BCUT2D eigenvalue weighted by atomic mass is 79.9. The van der Waals surface area contributed by atoms with E-state index in [0.717, 1.165) is 6.20 Å². The van der Waals surface area contributed by atoms with E-state index in [4.69, 9.17) is 5.14 Å². The number of sulfonamides is 1. The highest BCUT2D eigenvalue weighted by Crippen LogP contribution is 2.31. The van der Waals surface area contributed by atoms with Crippen molar-refractivity contribution < 1.29 is 17.2 Å². The van der Waals surface area contributed by atoms with Gasteiger partial charge in [0, 0.05) is 6.20 Å². The lowest BCUT2D eigenvalue weighted by molar-refractivity contribution is 0.149. The molecule has 0 aliphatic carbocycles. The molecule has 4 nitrogen and oxygen atoms in total. The van der Waals surface area contributed by atoms with E-state index in [1.807, 2.05) is 0 Å². The van der Waals surface area contributed by atoms with Gasteiger partial charge in [0.15, 0.2) is 0 Å². The maximum absolute atomic E-state index is 12.6. The molecular formula is C7H7BrF2N2O2S. The third-order valence-corrected chi connectivity index (χ3v) is 3.47. The van der Waals surface area contributed by atoms with Crippen LogP contribution in [0.15, 0.2) is 15.7 Å². The largest absolute Gasteiger partial charge is 0.266 e. The van der Waals surface area contributed by atoms with Gasteiger partial charge in [0.25, 0.3) is 6.43 Å². The molecule has 0 bridgehead atoms. The SMILES string of the molecule is Cc1c(S(N)(=O)=O)cnc(Br)c1C(F)F. The van der Waals surface area contributed by atoms with Gasteiger partial charge in [0.1, 0.15) is 9.50 Å². The van der Waals surface area contributed by atoms with Crippen molar-refractivity contribution in [2.75, 3.05) is 0 Å². The standard InChI is InChI=1S/C7H7BrF2N2O2S/c1-3-4(15(11,13)14)2-12-6(8)5(3)7(9)10/h2,7H,1H3,(H2,11,13,14). The molecule has 2 N–H and O–H groups in total. The first kappa shape index (κ1) is 12.5. The number of pyridine rings is 1. The summed E-state index contributed by atoms with van der Waals surface area (Å²) in [6, 6.07) is 0. The molecule has 1 aromatic heterocycles. The van der Waals surface area contributed by atoms with Gasteiger partial charge in [-0.15, -0.1) is 0 Å². The first-order valence-corrected chi connectivity index (χ1v) is 6.05. The Morgan fingerprint density at radius 2 is 2.07 bits per heavy atom. The van der Waals surface area contributed by atoms with Gasteiger partial charge >= 0.3 is 0 Å². The topological polar surface area (TPSA) is 73.1 Å². The molecule has 0 amide bonds. The van der Waals surface area contributed by atoms with E-state index in [1.54, 1.807) is 0 Å². The van der Waals surface area contributed by atoms with E-state index in [9.17, 15) is 17.2 Å². The van der Waals surface area contributed by atoms with E-state index in [2.05, 4.69) is 20.9 Å². The second-order valence-electron chi connectivity index (χ2n) is 2.80. The predicted octanol–water partition coefficient (Wildman–Crippen LogP) is 1.74. The van der Waals surface area contributed by atoms with Crippen LogP contribution in [0.5, 0.6) is 0 Å². The number of alkyl halides is 2. The molecule has 8 heteroatoms. The molecule has 15 heavy (non-hydrogen) atoms. The van der Waals surface area contributed by atoms with E-state index in [1.165, 1.54) is 6.92 Å². The number of aromatic nitrogens is 1. The summed E-state index contributed by atoms with van der Waals surface area (Å²) in [5.41, 5.74) is -0.545. The van der Waals surface area contributed by atoms with Crippen LogP contribution in [0.1, 0.15) is 17.6 Å². The van der Waals surface area contributed by atoms with Gasteiger partial charge in [-0.1, -0.05) is 0 Å². The minimum Gasteiger partial charge on any atom is -0.247 e. The summed E-state index contributed by atoms with van der Waals surface area (Å²) in [5, 5.41) is 4.85. The van der Waals surface area contributed by atoms with Crippen LogP contribution in [0.25, 0.3) is 0 Å². The van der Waals surface area contributed by atoms with E-state index < -0.39 is 22.0 Å². The maximum Gasteiger partial charge on any atom is 0.266 e. The first-order chi connectivity index (χ1) is 6.75. The minimum absolute atomic E-state index is 0.0811. The number of hydrogen-bond donors (Lipinski definition) is 1. The molecule has 0 saturated carbocycles. The Balaban J connectivity index is 3.56. The van der Waals surface area contributed by atoms with Crippen molar-refractivity contribution in [3.63, 3.8) is 0 Å². The number of rotatable bonds is 2. The maximum atomic E-state index is 12.6. The van der Waals surface area contributed by atoms with Gasteiger partial charge in [-0.05, 0) is 28.4 Å². The fourth-order valence-corrected chi connectivity index (χ4v) is 2.42. The van der Waals surface area contributed by atoms with Gasteiger partial charge in [-0.2, -0.15) is 0 Å². The number of halogens is 3. The number of hydrogen-bond acceptors (Lipinski definition) is 3. The van der Waals surface area contributed by atoms with Crippen molar-refractivity contribution >= 4 is 26.0 Å². The summed E-state index contributed by atoms with van der Waals surface area (Å²) in [5.74, 6) is 0. The van der Waals surface area contributed by atoms with Crippen LogP contribution in [-0.4, -0.2) is 13.4 Å². The lowest BCUT2D eigenvalue weighted by atomic mass is 10.2. The zero-order valence-corrected chi connectivity index (χ0v) is 9.94. The normalized spacial score (nSPS) is 12.1. The van der Waals surface area contributed by atoms with Crippen molar-refractivity contribution in [3.05, 3.63) is 21.9 Å². The number of nitrogens with two attached hydrogens (primary N) is 1. The molecule has 1 heterocycles. The molecule has 0 unspecified atom stereocenters. The van der Waals surface area contributed by atoms with Crippen LogP contribution in [0.4, 0.5) is 8.78 Å². The highest BCUT2D eigenvalue weighted by Gasteiger charge is 2.22. The van der Waals surface area contributed by atoms with Gasteiger partial charge in [-0.25, -0.2) is 27.3 Å². The van der Waals surface area contributed by atoms with Crippen LogP contribution in [0, 0.1) is 6.92 Å². The molecule has 0 aliphatic rings. The first-order valence-electron chi connectivity index (χ1n) is 3.71. The molecule has 0 saturated heterocycles. The van der Waals surface area contributed by atoms with Crippen LogP contribution in [0.3, 0.4) is 0 Å². The summed E-state index contributed by atoms with van der Waals surface area (Å²) >= 11 is 2.82. The Bertz CT molecular complexity index is 490. The summed E-state index contributed by atoms with van der Waals surface area (Å²) < 4.78 is 47.1. The summed E-state index contributed by atoms with van der Waals surface area (Å²) in [6.07, 6.45) is -1.87. The van der Waals surface area contributed by atoms with Gasteiger partial charge < -0.3 is 0 Å². The van der Waals surface area contributed by atoms with Crippen molar-refractivity contribution in [1.82, 2.24) is 4.98 Å². The molecule has 0 radical (unpaired) electrons. The molecule has 0 aromatic carbocycles. The third-order valence-electron chi connectivity index (χ3n) is 1.82. The van der Waals surface area contributed by atoms with E-state index in [-0.39, 0.29) is 15.1 Å². The Hall–Kier alpha value is -0.600. The summed E-state index contributed by atoms with van der Waals surface area (Å²) in [6.45, 7) is 1.26. The number of primary sulfonamides is 1. The summed E-state index contributed by atoms with van der Waals surface area (Å²) in [4.78, 5) is 3.12. The Morgan fingerprint density at radius 3 is 2.47 bits per heavy atom. The number of nitrogens with zero attached hydrogens (tertiary/aromatic N) is 1. The average molecular weight is 301 g/mol. The van der Waals surface area contributed by atoms with Crippen LogP contribution in [0.2, 0.25) is 0 Å². The zero-order valence-electron chi connectivity index (χ0n) is 7.54. The summed E-state index contributed by atoms with van der Waals surface area (Å²) in [7, 11) is -4.02. The average Bonchev–Trinajstić information content (AvgIpc) is 2.00. The van der Waals surface area contributed by atoms with Crippen molar-refractivity contribution in [3.8, 4) is 0 Å². The van der Waals surface area contributed by atoms with E-state index >= 15 is 0 Å². The fourth-order valence-electron chi connectivity index (χ4n) is 1.11. The van der Waals surface area contributed by atoms with Crippen LogP contribution >= 0.6 is 15.9 Å². The fraction of sp³-hybridized carbons (Fsp3) is 0.286. The Kier molecular flexibility index (Phi) is 3.41. The molecule has 84 valence electrons. The molecule has 0 spiro atoms. The van der Waals surface area contributed by atoms with Crippen molar-refractivity contribution in [2.24, 2.45) is 5.14 Å². The van der Waals surface area contributed by atoms with Crippen molar-refractivity contribution in [1.29, 1.82) is 0 Å². The molecule has 0 atom stereocenters. The molecule has 1 rings (SSSR count). The minimum atomic E-state index is -4.02. The Labute approximate surface area is 93.7 Å². The third kappa shape index (κ3) is 2.50. The second-order valence-corrected chi connectivity index (χ2v) is 5.08. The monoisotopic (exact) mass is 300 g/mol. The predicted molar refractivity (Wildman–Crippen MR) is 53.0 cm³/mol. The smallest absolute Gasteiger partial charge is 0.247 e. The lowest BCUT2D eigenvalue weighted by Crippen LogP contribution is -2.15. The van der Waals surface area contributed by atoms with Gasteiger partial charge in [0.05, 0.1) is 5.56 Å². The van der Waals surface area contributed by atoms with Gasteiger partial charge in [0.2, 0.25) is 10.0 Å². The van der Waals surface area contributed by atoms with E-state index in [0.29, 0.717) is 0 Å². The van der Waals surface area contributed by atoms with Crippen LogP contribution in [-0.2, 0) is 10.0 Å². The van der Waals surface area contributed by atoms with Crippen LogP contribution < -0.4 is 5.14 Å². The molecule has 0 aliphatic heterocycles. The molecule has 1 aromatic rings. The second kappa shape index (κ2) is 4.11. The lowest BCUT2D eigenvalue weighted by Gasteiger charge is -2.10. The molecular weight excluding hydrogens is 294 g/mol. The van der Waals surface area contributed by atoms with Gasteiger partial charge in [-0.3, -0.25) is 0 Å². The zero-order chi connectivity index (χ0) is 11.8. The Morgan fingerprint density at radius 1 is 1.53 bits per heavy atom.